The number of ether oxygens (including phenoxy) is 1. The van der Waals surface area contributed by atoms with Crippen molar-refractivity contribution in [2.75, 3.05) is 19.1 Å². The number of anilines is 2. The van der Waals surface area contributed by atoms with Gasteiger partial charge < -0.3 is 9.64 Å². The third kappa shape index (κ3) is 2.16. The van der Waals surface area contributed by atoms with Crippen molar-refractivity contribution in [1.29, 1.82) is 0 Å². The highest BCUT2D eigenvalue weighted by Crippen LogP contribution is 2.29. The first-order valence-corrected chi connectivity index (χ1v) is 6.38. The van der Waals surface area contributed by atoms with Crippen LogP contribution in [0.3, 0.4) is 0 Å². The zero-order valence-corrected chi connectivity index (χ0v) is 11.4. The van der Waals surface area contributed by atoms with E-state index in [1.807, 2.05) is 54.4 Å². The van der Waals surface area contributed by atoms with Crippen LogP contribution in [0.5, 0.6) is 5.75 Å². The largest absolute Gasteiger partial charge is 0.497 e. The van der Waals surface area contributed by atoms with E-state index < -0.39 is 0 Å². The summed E-state index contributed by atoms with van der Waals surface area (Å²) in [6.45, 7) is 0. The summed E-state index contributed by atoms with van der Waals surface area (Å²) in [4.78, 5) is 2.02. The average molecular weight is 265 g/mol. The molecule has 0 atom stereocenters. The van der Waals surface area contributed by atoms with Crippen LogP contribution in [0.15, 0.2) is 54.7 Å². The van der Waals surface area contributed by atoms with Crippen molar-refractivity contribution < 1.29 is 4.74 Å². The highest BCUT2D eigenvalue weighted by atomic mass is 16.5. The molecule has 100 valence electrons. The molecule has 2 aromatic carbocycles. The minimum absolute atomic E-state index is 0.839. The summed E-state index contributed by atoms with van der Waals surface area (Å²) in [5, 5.41) is 10.5. The number of hydrogen-bond acceptors (Lipinski definition) is 4. The van der Waals surface area contributed by atoms with E-state index in [9.17, 15) is 0 Å². The Bertz CT molecular complexity index is 720. The molecule has 3 rings (SSSR count). The van der Waals surface area contributed by atoms with Gasteiger partial charge in [0.15, 0.2) is 5.82 Å². The zero-order valence-electron chi connectivity index (χ0n) is 11.4. The van der Waals surface area contributed by atoms with Gasteiger partial charge in [-0.1, -0.05) is 24.3 Å². The molecular weight excluding hydrogens is 250 g/mol. The fraction of sp³-hybridized carbons (Fsp3) is 0.125. The molecule has 0 amide bonds. The Morgan fingerprint density at radius 2 is 1.75 bits per heavy atom. The van der Waals surface area contributed by atoms with E-state index in [0.717, 1.165) is 28.0 Å². The van der Waals surface area contributed by atoms with Crippen molar-refractivity contribution in [2.45, 2.75) is 0 Å². The van der Waals surface area contributed by atoms with Crippen LogP contribution in [0.2, 0.25) is 0 Å². The van der Waals surface area contributed by atoms with Crippen LogP contribution in [0.4, 0.5) is 11.5 Å². The molecule has 4 heteroatoms. The summed E-state index contributed by atoms with van der Waals surface area (Å²) in [6.07, 6.45) is 1.78. The molecule has 0 aliphatic heterocycles. The van der Waals surface area contributed by atoms with Gasteiger partial charge in [-0.25, -0.2) is 0 Å². The van der Waals surface area contributed by atoms with Gasteiger partial charge in [0.2, 0.25) is 0 Å². The Kier molecular flexibility index (Phi) is 3.21. The van der Waals surface area contributed by atoms with Gasteiger partial charge in [0.1, 0.15) is 5.75 Å². The van der Waals surface area contributed by atoms with Crippen molar-refractivity contribution >= 4 is 22.3 Å². The van der Waals surface area contributed by atoms with Crippen LogP contribution >= 0.6 is 0 Å². The second-order valence-corrected chi connectivity index (χ2v) is 4.51. The summed E-state index contributed by atoms with van der Waals surface area (Å²) < 4.78 is 5.18. The fourth-order valence-corrected chi connectivity index (χ4v) is 2.19. The van der Waals surface area contributed by atoms with E-state index in [1.165, 1.54) is 0 Å². The van der Waals surface area contributed by atoms with Crippen molar-refractivity contribution in [2.24, 2.45) is 0 Å². The molecule has 0 radical (unpaired) electrons. The van der Waals surface area contributed by atoms with Crippen molar-refractivity contribution in [3.63, 3.8) is 0 Å². The van der Waals surface area contributed by atoms with Crippen LogP contribution in [-0.2, 0) is 0 Å². The maximum atomic E-state index is 5.18. The van der Waals surface area contributed by atoms with E-state index in [2.05, 4.69) is 16.3 Å². The number of rotatable bonds is 3. The van der Waals surface area contributed by atoms with Crippen LogP contribution in [-0.4, -0.2) is 24.4 Å². The first-order chi connectivity index (χ1) is 9.79. The highest BCUT2D eigenvalue weighted by Gasteiger charge is 2.10. The van der Waals surface area contributed by atoms with Gasteiger partial charge in [-0.2, -0.15) is 5.10 Å². The van der Waals surface area contributed by atoms with Crippen LogP contribution < -0.4 is 9.64 Å². The minimum Gasteiger partial charge on any atom is -0.497 e. The number of nitrogens with zero attached hydrogens (tertiary/aromatic N) is 3. The van der Waals surface area contributed by atoms with E-state index in [0.29, 0.717) is 0 Å². The van der Waals surface area contributed by atoms with Crippen molar-refractivity contribution in [3.8, 4) is 5.75 Å². The topological polar surface area (TPSA) is 38.2 Å². The molecular formula is C16H15N3O. The zero-order chi connectivity index (χ0) is 13.9. The summed E-state index contributed by atoms with van der Waals surface area (Å²) in [7, 11) is 3.65. The molecule has 20 heavy (non-hydrogen) atoms. The lowest BCUT2D eigenvalue weighted by molar-refractivity contribution is 0.415. The molecule has 4 nitrogen and oxygen atoms in total. The Morgan fingerprint density at radius 1 is 1.00 bits per heavy atom. The standard InChI is InChI=1S/C16H15N3O/c1-19(13-7-9-14(20-2)10-8-13)16-15-6-4-3-5-12(15)11-17-18-16/h3-11H,1-2H3. The summed E-state index contributed by atoms with van der Waals surface area (Å²) in [5.41, 5.74) is 1.04. The maximum absolute atomic E-state index is 5.18. The number of fused-ring (bicyclic) bond motifs is 1. The van der Waals surface area contributed by atoms with E-state index in [4.69, 9.17) is 4.74 Å². The monoisotopic (exact) mass is 265 g/mol. The minimum atomic E-state index is 0.839. The van der Waals surface area contributed by atoms with Crippen molar-refractivity contribution in [3.05, 3.63) is 54.7 Å². The Morgan fingerprint density at radius 3 is 2.50 bits per heavy atom. The number of benzene rings is 2. The summed E-state index contributed by atoms with van der Waals surface area (Å²) in [5.74, 6) is 1.68. The maximum Gasteiger partial charge on any atom is 0.163 e. The second kappa shape index (κ2) is 5.17. The third-order valence-corrected chi connectivity index (χ3v) is 3.33. The smallest absolute Gasteiger partial charge is 0.163 e. The molecule has 0 unspecified atom stereocenters. The molecule has 1 aromatic heterocycles. The molecule has 3 aromatic rings. The Labute approximate surface area is 117 Å². The van der Waals surface area contributed by atoms with Crippen molar-refractivity contribution in [1.82, 2.24) is 10.2 Å². The SMILES string of the molecule is COc1ccc(N(C)c2nncc3ccccc23)cc1. The second-order valence-electron chi connectivity index (χ2n) is 4.51. The van der Waals surface area contributed by atoms with Crippen LogP contribution in [0.25, 0.3) is 10.8 Å². The molecule has 0 aliphatic rings. The molecule has 0 fully saturated rings. The average Bonchev–Trinajstić information content (AvgIpc) is 2.54. The predicted molar refractivity (Wildman–Crippen MR) is 80.6 cm³/mol. The number of methoxy groups -OCH3 is 1. The Balaban J connectivity index is 2.05. The van der Waals surface area contributed by atoms with Crippen LogP contribution in [0, 0.1) is 0 Å². The first-order valence-electron chi connectivity index (χ1n) is 6.38. The van der Waals surface area contributed by atoms with Gasteiger partial charge in [-0.05, 0) is 24.3 Å². The van der Waals surface area contributed by atoms with Gasteiger partial charge in [0.05, 0.1) is 13.3 Å². The molecule has 0 N–H and O–H groups in total. The van der Waals surface area contributed by atoms with E-state index >= 15 is 0 Å². The first kappa shape index (κ1) is 12.4. The molecule has 0 saturated carbocycles. The summed E-state index contributed by atoms with van der Waals surface area (Å²) in [6, 6.07) is 16.0. The van der Waals surface area contributed by atoms with Crippen LogP contribution in [0.1, 0.15) is 0 Å². The third-order valence-electron chi connectivity index (χ3n) is 3.33. The lowest BCUT2D eigenvalue weighted by atomic mass is 10.2. The highest BCUT2D eigenvalue weighted by molar-refractivity contribution is 5.92. The molecule has 0 aliphatic carbocycles. The van der Waals surface area contributed by atoms with Gasteiger partial charge in [-0.15, -0.1) is 5.10 Å². The fourth-order valence-electron chi connectivity index (χ4n) is 2.19. The molecule has 0 saturated heterocycles. The normalized spacial score (nSPS) is 10.5. The van der Waals surface area contributed by atoms with Gasteiger partial charge in [0.25, 0.3) is 0 Å². The summed E-state index contributed by atoms with van der Waals surface area (Å²) >= 11 is 0. The predicted octanol–water partition coefficient (Wildman–Crippen LogP) is 3.41. The van der Waals surface area contributed by atoms with E-state index in [-0.39, 0.29) is 0 Å². The van der Waals surface area contributed by atoms with Gasteiger partial charge in [0, 0.05) is 23.5 Å². The van der Waals surface area contributed by atoms with E-state index in [1.54, 1.807) is 13.3 Å². The Hall–Kier alpha value is -2.62. The lowest BCUT2D eigenvalue weighted by Gasteiger charge is -2.19. The quantitative estimate of drug-likeness (QED) is 0.727. The van der Waals surface area contributed by atoms with Gasteiger partial charge >= 0.3 is 0 Å². The number of aromatic nitrogens is 2. The number of hydrogen-bond donors (Lipinski definition) is 0. The molecule has 0 bridgehead atoms. The lowest BCUT2D eigenvalue weighted by Crippen LogP contribution is -2.12. The molecule has 1 heterocycles. The molecule has 0 spiro atoms. The van der Waals surface area contributed by atoms with Gasteiger partial charge in [-0.3, -0.25) is 0 Å².